The van der Waals surface area contributed by atoms with Gasteiger partial charge >= 0.3 is 11.9 Å². The van der Waals surface area contributed by atoms with E-state index in [2.05, 4.69) is 25.9 Å². The van der Waals surface area contributed by atoms with Crippen molar-refractivity contribution < 1.29 is 34.2 Å². The number of carboxylic acids is 2. The summed E-state index contributed by atoms with van der Waals surface area (Å²) in [4.78, 5) is 69.2. The summed E-state index contributed by atoms with van der Waals surface area (Å²) < 4.78 is 0. The number of fused-ring (bicyclic) bond motifs is 1. The number of hydrogen-bond donors (Lipinski definition) is 9. The van der Waals surface area contributed by atoms with E-state index in [0.717, 1.165) is 16.5 Å². The topological polar surface area (TPSA) is 268 Å². The van der Waals surface area contributed by atoms with Crippen LogP contribution < -0.4 is 33.2 Å². The second-order valence-corrected chi connectivity index (χ2v) is 10.8. The predicted molar refractivity (Wildman–Crippen MR) is 163 cm³/mol. The van der Waals surface area contributed by atoms with E-state index < -0.39 is 60.2 Å². The molecule has 2 rings (SSSR count). The van der Waals surface area contributed by atoms with Crippen molar-refractivity contribution in [2.24, 2.45) is 22.2 Å². The third-order valence-corrected chi connectivity index (χ3v) is 7.18. The number of para-hydroxylation sites is 1. The Hall–Kier alpha value is -4.31. The number of rotatable bonds is 19. The molecule has 1 aromatic heterocycles. The van der Waals surface area contributed by atoms with Crippen molar-refractivity contribution in [1.29, 1.82) is 0 Å². The molecule has 1 heterocycles. The Morgan fingerprint density at radius 1 is 0.930 bits per heavy atom. The van der Waals surface area contributed by atoms with Gasteiger partial charge in [-0.1, -0.05) is 18.2 Å². The van der Waals surface area contributed by atoms with E-state index in [9.17, 15) is 29.1 Å². The van der Waals surface area contributed by atoms with Gasteiger partial charge in [-0.3, -0.25) is 24.2 Å². The van der Waals surface area contributed by atoms with Crippen LogP contribution in [0.4, 0.5) is 0 Å². The summed E-state index contributed by atoms with van der Waals surface area (Å²) in [6.45, 7) is 0.139. The normalized spacial score (nSPS) is 13.7. The van der Waals surface area contributed by atoms with Crippen LogP contribution in [0, 0.1) is 0 Å². The Morgan fingerprint density at radius 2 is 1.56 bits per heavy atom. The molecule has 16 heteroatoms. The van der Waals surface area contributed by atoms with Crippen molar-refractivity contribution in [2.75, 3.05) is 18.6 Å². The maximum Gasteiger partial charge on any atom is 0.326 e. The number of guanidine groups is 1. The molecule has 0 bridgehead atoms. The van der Waals surface area contributed by atoms with E-state index in [-0.39, 0.29) is 44.6 Å². The molecule has 2 aromatic rings. The lowest BCUT2D eigenvalue weighted by atomic mass is 10.0. The highest BCUT2D eigenvalue weighted by Gasteiger charge is 2.30. The minimum absolute atomic E-state index is 0.0157. The van der Waals surface area contributed by atoms with Crippen molar-refractivity contribution in [3.8, 4) is 0 Å². The van der Waals surface area contributed by atoms with Crippen molar-refractivity contribution in [3.63, 3.8) is 0 Å². The summed E-state index contributed by atoms with van der Waals surface area (Å²) in [5, 5.41) is 27.1. The monoisotopic (exact) mass is 620 g/mol. The lowest BCUT2D eigenvalue weighted by Gasteiger charge is -2.25. The van der Waals surface area contributed by atoms with Crippen molar-refractivity contribution in [1.82, 2.24) is 20.9 Å². The molecule has 0 spiro atoms. The molecule has 0 aliphatic carbocycles. The minimum Gasteiger partial charge on any atom is -0.481 e. The van der Waals surface area contributed by atoms with E-state index in [1.165, 1.54) is 11.8 Å². The van der Waals surface area contributed by atoms with E-state index in [4.69, 9.17) is 22.3 Å². The summed E-state index contributed by atoms with van der Waals surface area (Å²) in [5.41, 5.74) is 18.4. The van der Waals surface area contributed by atoms with Crippen LogP contribution in [-0.2, 0) is 30.4 Å². The highest BCUT2D eigenvalue weighted by Crippen LogP contribution is 2.19. The van der Waals surface area contributed by atoms with Gasteiger partial charge in [0.2, 0.25) is 17.7 Å². The van der Waals surface area contributed by atoms with Gasteiger partial charge in [-0.2, -0.15) is 11.8 Å². The summed E-state index contributed by atoms with van der Waals surface area (Å²) in [5.74, 6) is -4.40. The summed E-state index contributed by atoms with van der Waals surface area (Å²) >= 11 is 1.44. The highest BCUT2D eigenvalue weighted by molar-refractivity contribution is 7.98. The first-order chi connectivity index (χ1) is 20.4. The van der Waals surface area contributed by atoms with Gasteiger partial charge in [0, 0.05) is 30.1 Å². The largest absolute Gasteiger partial charge is 0.481 e. The van der Waals surface area contributed by atoms with E-state index in [0.29, 0.717) is 5.75 Å². The third kappa shape index (κ3) is 11.8. The van der Waals surface area contributed by atoms with E-state index >= 15 is 0 Å². The number of carboxylic acid groups (broad SMARTS) is 2. The first-order valence-electron chi connectivity index (χ1n) is 13.6. The fourth-order valence-corrected chi connectivity index (χ4v) is 4.73. The van der Waals surface area contributed by atoms with Crippen LogP contribution in [0.2, 0.25) is 0 Å². The number of nitrogens with zero attached hydrogens (tertiary/aromatic N) is 1. The van der Waals surface area contributed by atoms with Crippen LogP contribution in [0.25, 0.3) is 10.9 Å². The lowest BCUT2D eigenvalue weighted by Crippen LogP contribution is -2.57. The number of benzene rings is 1. The Labute approximate surface area is 252 Å². The van der Waals surface area contributed by atoms with Gasteiger partial charge in [-0.05, 0) is 55.7 Å². The number of aromatic nitrogens is 1. The van der Waals surface area contributed by atoms with Gasteiger partial charge in [-0.25, -0.2) is 4.79 Å². The van der Waals surface area contributed by atoms with Crippen LogP contribution in [0.3, 0.4) is 0 Å². The van der Waals surface area contributed by atoms with E-state index in [1.54, 1.807) is 6.20 Å². The van der Waals surface area contributed by atoms with Crippen LogP contribution in [0.5, 0.6) is 0 Å². The standard InChI is InChI=1S/C27H40N8O7S/c1-43-12-10-20(33-23(38)17(28)13-15-14-32-18-6-3-2-5-16(15)18)25(40)34-19(8-9-22(36)37)24(39)35-21(26(41)42)7-4-11-31-27(29)30/h2-3,5-6,14,17,19-21,32H,4,7-13,28H2,1H3,(H,33,38)(H,34,40)(H,35,39)(H,36,37)(H,41,42)(H4,29,30,31). The van der Waals surface area contributed by atoms with Gasteiger partial charge in [0.15, 0.2) is 5.96 Å². The quantitative estimate of drug-likeness (QED) is 0.0535. The number of aliphatic carboxylic acids is 2. The zero-order valence-electron chi connectivity index (χ0n) is 23.9. The van der Waals surface area contributed by atoms with Gasteiger partial charge in [0.25, 0.3) is 0 Å². The minimum atomic E-state index is -1.38. The van der Waals surface area contributed by atoms with Crippen LogP contribution >= 0.6 is 11.8 Å². The molecule has 15 nitrogen and oxygen atoms in total. The zero-order valence-corrected chi connectivity index (χ0v) is 24.7. The van der Waals surface area contributed by atoms with Gasteiger partial charge in [-0.15, -0.1) is 0 Å². The first kappa shape index (κ1) is 34.9. The number of nitrogens with two attached hydrogens (primary N) is 3. The first-order valence-corrected chi connectivity index (χ1v) is 15.0. The van der Waals surface area contributed by atoms with E-state index in [1.807, 2.05) is 30.5 Å². The molecule has 0 aliphatic heterocycles. The fraction of sp³-hybridized carbons (Fsp3) is 0.481. The highest BCUT2D eigenvalue weighted by atomic mass is 32.2. The Morgan fingerprint density at radius 3 is 2.19 bits per heavy atom. The fourth-order valence-electron chi connectivity index (χ4n) is 4.26. The Balaban J connectivity index is 2.11. The average Bonchev–Trinajstić information content (AvgIpc) is 3.36. The molecule has 4 unspecified atom stereocenters. The Bertz CT molecular complexity index is 1300. The number of nitrogens with one attached hydrogen (secondary N) is 4. The summed E-state index contributed by atoms with van der Waals surface area (Å²) in [6, 6.07) is 2.78. The number of thioether (sulfide) groups is 1. The molecule has 0 saturated heterocycles. The van der Waals surface area contributed by atoms with Crippen LogP contribution in [0.15, 0.2) is 35.5 Å². The second-order valence-electron chi connectivity index (χ2n) is 9.85. The smallest absolute Gasteiger partial charge is 0.326 e. The van der Waals surface area contributed by atoms with Gasteiger partial charge in [0.1, 0.15) is 18.1 Å². The predicted octanol–water partition coefficient (Wildman–Crippen LogP) is -0.752. The number of hydrogen-bond acceptors (Lipinski definition) is 8. The maximum absolute atomic E-state index is 13.3. The number of amides is 3. The molecule has 4 atom stereocenters. The van der Waals surface area contributed by atoms with Gasteiger partial charge in [0.05, 0.1) is 6.04 Å². The Kier molecular flexibility index (Phi) is 14.3. The summed E-state index contributed by atoms with van der Waals surface area (Å²) in [7, 11) is 0. The zero-order chi connectivity index (χ0) is 31.9. The molecule has 1 aromatic carbocycles. The molecule has 12 N–H and O–H groups in total. The molecule has 43 heavy (non-hydrogen) atoms. The van der Waals surface area contributed by atoms with Crippen molar-refractivity contribution in [3.05, 3.63) is 36.0 Å². The molecule has 0 aliphatic rings. The number of aromatic amines is 1. The molecular weight excluding hydrogens is 580 g/mol. The molecule has 3 amide bonds. The number of H-pyrrole nitrogens is 1. The van der Waals surface area contributed by atoms with Crippen LogP contribution in [-0.4, -0.2) is 93.5 Å². The molecule has 236 valence electrons. The summed E-state index contributed by atoms with van der Waals surface area (Å²) in [6.07, 6.45) is 3.44. The van der Waals surface area contributed by atoms with Crippen LogP contribution in [0.1, 0.15) is 37.7 Å². The molecule has 0 fully saturated rings. The molecule has 0 saturated carbocycles. The number of carbonyl (C=O) groups excluding carboxylic acids is 3. The molecular formula is C27H40N8O7S. The average molecular weight is 621 g/mol. The third-order valence-electron chi connectivity index (χ3n) is 6.53. The molecule has 0 radical (unpaired) electrons. The lowest BCUT2D eigenvalue weighted by molar-refractivity contribution is -0.143. The van der Waals surface area contributed by atoms with Crippen molar-refractivity contribution >= 4 is 58.3 Å². The van der Waals surface area contributed by atoms with Crippen molar-refractivity contribution in [2.45, 2.75) is 62.7 Å². The number of carbonyl (C=O) groups is 5. The second kappa shape index (κ2) is 17.6. The van der Waals surface area contributed by atoms with Gasteiger partial charge < -0.3 is 48.3 Å². The maximum atomic E-state index is 13.3. The number of aliphatic imine (C=N–C) groups is 1. The SMILES string of the molecule is CSCCC(NC(=O)C(N)Cc1c[nH]c2ccccc12)C(=O)NC(CCC(=O)O)C(=O)NC(CCCN=C(N)N)C(=O)O.